The van der Waals surface area contributed by atoms with Crippen LogP contribution in [0.15, 0.2) is 48.5 Å². The van der Waals surface area contributed by atoms with Gasteiger partial charge in [0, 0.05) is 11.3 Å². The van der Waals surface area contributed by atoms with E-state index in [4.69, 9.17) is 0 Å². The van der Waals surface area contributed by atoms with Gasteiger partial charge in [0.2, 0.25) is 5.12 Å². The van der Waals surface area contributed by atoms with Crippen LogP contribution in [-0.4, -0.2) is 27.2 Å². The number of fused-ring (bicyclic) bond motifs is 5. The maximum absolute atomic E-state index is 12.3. The first-order valence-corrected chi connectivity index (χ1v) is 14.7. The van der Waals surface area contributed by atoms with Gasteiger partial charge in [0.15, 0.2) is 0 Å². The number of phenols is 1. The summed E-state index contributed by atoms with van der Waals surface area (Å²) in [5.41, 5.74) is 3.70. The van der Waals surface area contributed by atoms with Crippen LogP contribution in [0.4, 0.5) is 0 Å². The van der Waals surface area contributed by atoms with Crippen LogP contribution in [0.5, 0.6) is 5.75 Å². The van der Waals surface area contributed by atoms with Crippen molar-refractivity contribution in [2.24, 2.45) is 23.2 Å². The lowest BCUT2D eigenvalue weighted by Crippen LogP contribution is -2.47. The Morgan fingerprint density at radius 1 is 1.03 bits per heavy atom. The van der Waals surface area contributed by atoms with Crippen molar-refractivity contribution in [3.8, 4) is 5.75 Å². The lowest BCUT2D eigenvalue weighted by molar-refractivity contribution is -0.0396. The monoisotopic (exact) mass is 492 g/mol. The molecule has 2 aromatic rings. The fraction of sp³-hybridized carbons (Fsp3) is 0.581. The van der Waals surface area contributed by atoms with Crippen LogP contribution in [-0.2, 0) is 6.42 Å². The molecule has 2 N–H and O–H groups in total. The number of rotatable bonds is 8. The minimum Gasteiger partial charge on any atom is -0.508 e. The number of aliphatic hydroxyl groups is 1. The summed E-state index contributed by atoms with van der Waals surface area (Å²) in [6.07, 6.45) is 11.2. The van der Waals surface area contributed by atoms with Gasteiger partial charge in [-0.15, -0.1) is 0 Å². The van der Waals surface area contributed by atoms with Crippen LogP contribution in [0, 0.1) is 23.2 Å². The number of carbonyl (C=O) groups is 1. The van der Waals surface area contributed by atoms with Crippen molar-refractivity contribution in [1.82, 2.24) is 0 Å². The summed E-state index contributed by atoms with van der Waals surface area (Å²) in [5.74, 6) is 3.77. The average molecular weight is 493 g/mol. The number of benzene rings is 2. The normalized spacial score (nSPS) is 31.4. The van der Waals surface area contributed by atoms with Gasteiger partial charge in [-0.1, -0.05) is 74.3 Å². The van der Waals surface area contributed by atoms with E-state index >= 15 is 0 Å². The molecule has 0 aromatic heterocycles. The molecule has 0 unspecified atom stereocenters. The van der Waals surface area contributed by atoms with Crippen molar-refractivity contribution in [1.29, 1.82) is 0 Å². The summed E-state index contributed by atoms with van der Waals surface area (Å²) in [5, 5.41) is 21.2. The van der Waals surface area contributed by atoms with E-state index in [1.807, 2.05) is 42.5 Å². The Morgan fingerprint density at radius 3 is 2.66 bits per heavy atom. The first kappa shape index (κ1) is 24.9. The smallest absolute Gasteiger partial charge is 0.219 e. The third-order valence-electron chi connectivity index (χ3n) is 9.55. The van der Waals surface area contributed by atoms with Crippen LogP contribution in [0.3, 0.4) is 0 Å². The Bertz CT molecular complexity index is 1020. The summed E-state index contributed by atoms with van der Waals surface area (Å²) < 4.78 is 0. The van der Waals surface area contributed by atoms with Gasteiger partial charge in [-0.3, -0.25) is 4.79 Å². The fourth-order valence-electron chi connectivity index (χ4n) is 7.72. The molecule has 5 rings (SSSR count). The maximum Gasteiger partial charge on any atom is 0.219 e. The van der Waals surface area contributed by atoms with Crippen molar-refractivity contribution in [2.45, 2.75) is 83.2 Å². The Labute approximate surface area is 214 Å². The van der Waals surface area contributed by atoms with Crippen molar-refractivity contribution in [3.63, 3.8) is 0 Å². The average Bonchev–Trinajstić information content (AvgIpc) is 3.17. The molecule has 0 radical (unpaired) electrons. The number of phenolic OH excluding ortho intramolecular Hbond substituents is 1. The van der Waals surface area contributed by atoms with Crippen molar-refractivity contribution < 1.29 is 15.0 Å². The molecule has 3 aliphatic carbocycles. The minimum absolute atomic E-state index is 0.0797. The fourth-order valence-corrected chi connectivity index (χ4v) is 8.55. The topological polar surface area (TPSA) is 57.5 Å². The molecule has 2 saturated carbocycles. The highest BCUT2D eigenvalue weighted by Crippen LogP contribution is 2.62. The number of hydrogen-bond acceptors (Lipinski definition) is 4. The van der Waals surface area contributed by atoms with E-state index in [1.54, 1.807) is 0 Å². The predicted octanol–water partition coefficient (Wildman–Crippen LogP) is 7.36. The van der Waals surface area contributed by atoms with Crippen LogP contribution >= 0.6 is 11.8 Å². The zero-order valence-corrected chi connectivity index (χ0v) is 21.8. The van der Waals surface area contributed by atoms with Gasteiger partial charge in [0.05, 0.1) is 6.10 Å². The summed E-state index contributed by atoms with van der Waals surface area (Å²) in [4.78, 5) is 12.3. The molecule has 0 spiro atoms. The standard InChI is InChI=1S/C31H40O3S/c1-31-17-16-26-25-13-12-24(32)20-23(25)19-22(29(26)27(31)14-15-28(31)33)11-5-2-3-8-18-35-30(34)21-9-6-4-7-10-21/h4,6-7,9-10,12-13,20,22,26-29,32-33H,2-3,5,8,11,14-19H2,1H3/t22-,26-,27+,28+,29-,31+/m1/s1. The number of aromatic hydroxyl groups is 1. The molecule has 0 amide bonds. The summed E-state index contributed by atoms with van der Waals surface area (Å²) in [6, 6.07) is 15.6. The second-order valence-corrected chi connectivity index (χ2v) is 12.5. The van der Waals surface area contributed by atoms with Crippen LogP contribution in [0.2, 0.25) is 0 Å². The number of thioether (sulfide) groups is 1. The van der Waals surface area contributed by atoms with Crippen LogP contribution in [0.1, 0.15) is 92.1 Å². The quantitative estimate of drug-likeness (QED) is 0.378. The SMILES string of the molecule is C[C@]12CC[C@@H]3c4ccc(O)cc4C[C@@H](CCCCCCSC(=O)c4ccccc4)[C@H]3[C@@H]1CC[C@@H]2O. The van der Waals surface area contributed by atoms with Gasteiger partial charge in [0.25, 0.3) is 0 Å². The van der Waals surface area contributed by atoms with Crippen molar-refractivity contribution in [3.05, 3.63) is 65.2 Å². The lowest BCUT2D eigenvalue weighted by atomic mass is 9.52. The van der Waals surface area contributed by atoms with Crippen molar-refractivity contribution >= 4 is 16.9 Å². The van der Waals surface area contributed by atoms with Gasteiger partial charge in [-0.25, -0.2) is 0 Å². The molecule has 6 atom stereocenters. The highest BCUT2D eigenvalue weighted by Gasteiger charge is 2.56. The number of unbranched alkanes of at least 4 members (excludes halogenated alkanes) is 3. The second-order valence-electron chi connectivity index (χ2n) is 11.5. The zero-order chi connectivity index (χ0) is 24.4. The predicted molar refractivity (Wildman–Crippen MR) is 144 cm³/mol. The number of hydrogen-bond donors (Lipinski definition) is 2. The summed E-state index contributed by atoms with van der Waals surface area (Å²) >= 11 is 1.45. The molecular formula is C31H40O3S. The van der Waals surface area contributed by atoms with E-state index in [1.165, 1.54) is 48.6 Å². The molecule has 3 aliphatic rings. The minimum atomic E-state index is -0.147. The molecule has 0 bridgehead atoms. The largest absolute Gasteiger partial charge is 0.508 e. The molecule has 2 aromatic carbocycles. The highest BCUT2D eigenvalue weighted by atomic mass is 32.2. The molecule has 0 aliphatic heterocycles. The molecular weight excluding hydrogens is 452 g/mol. The third-order valence-corrected chi connectivity index (χ3v) is 10.5. The summed E-state index contributed by atoms with van der Waals surface area (Å²) in [6.45, 7) is 2.35. The van der Waals surface area contributed by atoms with E-state index in [0.29, 0.717) is 29.4 Å². The Balaban J connectivity index is 1.16. The highest BCUT2D eigenvalue weighted by molar-refractivity contribution is 8.14. The zero-order valence-electron chi connectivity index (χ0n) is 21.0. The molecule has 3 nitrogen and oxygen atoms in total. The van der Waals surface area contributed by atoms with E-state index in [9.17, 15) is 15.0 Å². The Hall–Kier alpha value is -1.78. The second kappa shape index (κ2) is 10.7. The van der Waals surface area contributed by atoms with Gasteiger partial charge in [-0.2, -0.15) is 0 Å². The first-order valence-electron chi connectivity index (χ1n) is 13.7. The molecule has 4 heteroatoms. The van der Waals surface area contributed by atoms with Gasteiger partial charge < -0.3 is 10.2 Å². The van der Waals surface area contributed by atoms with Gasteiger partial charge in [-0.05, 0) is 97.3 Å². The van der Waals surface area contributed by atoms with Crippen LogP contribution < -0.4 is 0 Å². The third kappa shape index (κ3) is 5.06. The van der Waals surface area contributed by atoms with E-state index in [-0.39, 0.29) is 16.6 Å². The van der Waals surface area contributed by atoms with Gasteiger partial charge >= 0.3 is 0 Å². The summed E-state index contributed by atoms with van der Waals surface area (Å²) in [7, 11) is 0. The van der Waals surface area contributed by atoms with Crippen LogP contribution in [0.25, 0.3) is 0 Å². The Morgan fingerprint density at radius 2 is 1.83 bits per heavy atom. The lowest BCUT2D eigenvalue weighted by Gasteiger charge is -2.53. The molecule has 0 heterocycles. The van der Waals surface area contributed by atoms with E-state index < -0.39 is 0 Å². The van der Waals surface area contributed by atoms with E-state index in [2.05, 4.69) is 13.0 Å². The number of aliphatic hydroxyl groups excluding tert-OH is 1. The molecule has 35 heavy (non-hydrogen) atoms. The first-order chi connectivity index (χ1) is 17.0. The number of carbonyl (C=O) groups excluding carboxylic acids is 1. The van der Waals surface area contributed by atoms with Crippen molar-refractivity contribution in [2.75, 3.05) is 5.75 Å². The molecule has 2 fully saturated rings. The maximum atomic E-state index is 12.3. The van der Waals surface area contributed by atoms with E-state index in [0.717, 1.165) is 49.8 Å². The molecule has 0 saturated heterocycles. The molecule has 188 valence electrons. The van der Waals surface area contributed by atoms with Gasteiger partial charge in [0.1, 0.15) is 5.75 Å². The Kier molecular flexibility index (Phi) is 7.60.